The van der Waals surface area contributed by atoms with Crippen LogP contribution in [0, 0.1) is 13.8 Å². The van der Waals surface area contributed by atoms with E-state index < -0.39 is 0 Å². The van der Waals surface area contributed by atoms with Crippen molar-refractivity contribution < 1.29 is 13.3 Å². The van der Waals surface area contributed by atoms with E-state index in [0.717, 1.165) is 215 Å². The maximum Gasteiger partial charge on any atom is 0.143 e. The Labute approximate surface area is 785 Å². The Hall–Kier alpha value is -18.2. The zero-order chi connectivity index (χ0) is 90.5. The van der Waals surface area contributed by atoms with Crippen molar-refractivity contribution in [1.29, 1.82) is 0 Å². The van der Waals surface area contributed by atoms with E-state index in [-0.39, 0.29) is 0 Å². The highest BCUT2D eigenvalue weighted by Gasteiger charge is 2.26. The quantitative estimate of drug-likeness (QED) is 0.137. The molecule has 0 saturated heterocycles. The first-order valence-corrected chi connectivity index (χ1v) is 46.5. The summed E-state index contributed by atoms with van der Waals surface area (Å²) < 4.78 is 19.8. The molecule has 0 amide bonds. The Balaban J connectivity index is 0.000000105. The maximum absolute atomic E-state index is 6.68. The summed E-state index contributed by atoms with van der Waals surface area (Å²) in [5.41, 5.74) is 30.4. The molecule has 0 aliphatic carbocycles. The number of rotatable bonds is 8. The summed E-state index contributed by atoms with van der Waals surface area (Å²) in [7, 11) is 0. The van der Waals surface area contributed by atoms with Gasteiger partial charge in [-0.15, -0.1) is 0 Å². The fourth-order valence-corrected chi connectivity index (χ4v) is 21.4. The monoisotopic (exact) mass is 1750 g/mol. The van der Waals surface area contributed by atoms with Gasteiger partial charge < -0.3 is 13.3 Å². The van der Waals surface area contributed by atoms with Crippen LogP contribution in [0.4, 0.5) is 0 Å². The molecule has 0 aliphatic rings. The van der Waals surface area contributed by atoms with Crippen LogP contribution >= 0.6 is 0 Å². The summed E-state index contributed by atoms with van der Waals surface area (Å²) in [4.78, 5) is 30.7. The predicted octanol–water partition coefficient (Wildman–Crippen LogP) is 34.9. The van der Waals surface area contributed by atoms with E-state index in [0.29, 0.717) is 0 Å². The topological polar surface area (TPSA) is 117 Å². The SMILES string of the molecule is Cc1ccc2c3ccc(C)cc3c3nc(-c4ccccc4-c4cc5ccccc5c5c4oc4ccccc45)cnc3c2c1.c1ccc(-c2ccc3c4ccc(-c5ccccc5)cc4c4nc(-c5ccccc5-c5cc6ccccc6c6c5oc5ccccc56)cnc4c3c2)cc1.c1ccc2c(c1)cc(-c1ccc(-c3ccc4c5ccccc5c5nccnc5c4c3)cc1)c1oc3ccccc3c12. The predicted molar refractivity (Wildman–Crippen MR) is 571 cm³/mol. The first kappa shape index (κ1) is 78.6. The van der Waals surface area contributed by atoms with Gasteiger partial charge in [0.25, 0.3) is 0 Å². The molecule has 6 heterocycles. The van der Waals surface area contributed by atoms with E-state index in [1.165, 1.54) is 81.5 Å². The Morgan fingerprint density at radius 2 is 0.460 bits per heavy atom. The number of hydrogen-bond acceptors (Lipinski definition) is 9. The average Bonchev–Trinajstić information content (AvgIpc) is 1.48. The van der Waals surface area contributed by atoms with Crippen molar-refractivity contribution in [2.24, 2.45) is 0 Å². The number of para-hydroxylation sites is 3. The largest absolute Gasteiger partial charge is 0.455 e. The third kappa shape index (κ3) is 13.0. The Bertz CT molecular complexity index is 10100. The lowest BCUT2D eigenvalue weighted by molar-refractivity contribution is 0.670. The van der Waals surface area contributed by atoms with E-state index >= 15 is 0 Å². The van der Waals surface area contributed by atoms with Crippen molar-refractivity contribution in [2.45, 2.75) is 13.8 Å². The van der Waals surface area contributed by atoms with Crippen LogP contribution in [0.15, 0.2) is 451 Å². The van der Waals surface area contributed by atoms with Crippen molar-refractivity contribution in [1.82, 2.24) is 29.9 Å². The van der Waals surface area contributed by atoms with Gasteiger partial charge in [0.05, 0.1) is 56.9 Å². The van der Waals surface area contributed by atoms with Crippen LogP contribution in [0.25, 0.3) is 285 Å². The molecule has 638 valence electrons. The minimum absolute atomic E-state index is 0.815. The normalized spacial score (nSPS) is 11.9. The molecule has 0 saturated carbocycles. The molecule has 9 heteroatoms. The van der Waals surface area contributed by atoms with Gasteiger partial charge in [-0.2, -0.15) is 0 Å². The van der Waals surface area contributed by atoms with Crippen molar-refractivity contribution in [2.75, 3.05) is 0 Å². The van der Waals surface area contributed by atoms with Gasteiger partial charge in [-0.25, -0.2) is 9.97 Å². The first-order valence-electron chi connectivity index (χ1n) is 46.5. The Kier molecular flexibility index (Phi) is 18.3. The van der Waals surface area contributed by atoms with Gasteiger partial charge in [0.2, 0.25) is 0 Å². The summed E-state index contributed by atoms with van der Waals surface area (Å²) in [5, 5.41) is 27.8. The lowest BCUT2D eigenvalue weighted by Gasteiger charge is -2.15. The molecular weight excluding hydrogens is 1670 g/mol. The van der Waals surface area contributed by atoms with E-state index in [1.54, 1.807) is 12.4 Å². The third-order valence-corrected chi connectivity index (χ3v) is 27.8. The van der Waals surface area contributed by atoms with Gasteiger partial charge in [0.1, 0.15) is 33.5 Å². The van der Waals surface area contributed by atoms with E-state index in [4.69, 9.17) is 43.2 Å². The number of fused-ring (bicyclic) bond motifs is 33. The van der Waals surface area contributed by atoms with Crippen LogP contribution in [-0.2, 0) is 0 Å². The summed E-state index contributed by atoms with van der Waals surface area (Å²) in [5.74, 6) is 0. The van der Waals surface area contributed by atoms with Crippen molar-refractivity contribution in [3.63, 3.8) is 0 Å². The van der Waals surface area contributed by atoms with Crippen LogP contribution in [0.2, 0.25) is 0 Å². The highest BCUT2D eigenvalue weighted by Crippen LogP contribution is 2.50. The Morgan fingerprint density at radius 3 is 0.891 bits per heavy atom. The van der Waals surface area contributed by atoms with Crippen LogP contribution in [0.5, 0.6) is 0 Å². The van der Waals surface area contributed by atoms with Gasteiger partial charge in [0, 0.05) is 105 Å². The first-order chi connectivity index (χ1) is 67.7. The highest BCUT2D eigenvalue weighted by atomic mass is 16.3. The lowest BCUT2D eigenvalue weighted by atomic mass is 9.92. The average molecular weight is 1750 g/mol. The molecule has 0 N–H and O–H groups in total. The van der Waals surface area contributed by atoms with Crippen molar-refractivity contribution in [3.8, 4) is 89.3 Å². The molecule has 6 aromatic heterocycles. The fraction of sp³-hybridized carbons (Fsp3) is 0.0156. The number of furan rings is 3. The van der Waals surface area contributed by atoms with Crippen molar-refractivity contribution in [3.05, 3.63) is 448 Å². The second kappa shape index (κ2) is 31.8. The summed E-state index contributed by atoms with van der Waals surface area (Å²) in [6, 6.07) is 146. The fourth-order valence-electron chi connectivity index (χ4n) is 21.4. The van der Waals surface area contributed by atoms with Gasteiger partial charge >= 0.3 is 0 Å². The van der Waals surface area contributed by atoms with E-state index in [9.17, 15) is 0 Å². The number of benzene rings is 23. The molecule has 137 heavy (non-hydrogen) atoms. The zero-order valence-corrected chi connectivity index (χ0v) is 74.5. The number of nitrogens with zero attached hydrogens (tertiary/aromatic N) is 6. The number of aromatic nitrogens is 6. The van der Waals surface area contributed by atoms with Gasteiger partial charge in [0.15, 0.2) is 0 Å². The zero-order valence-electron chi connectivity index (χ0n) is 74.5. The van der Waals surface area contributed by atoms with Crippen LogP contribution in [0.3, 0.4) is 0 Å². The second-order valence-corrected chi connectivity index (χ2v) is 35.8. The number of hydrogen-bond donors (Lipinski definition) is 0. The second-order valence-electron chi connectivity index (χ2n) is 35.8. The minimum atomic E-state index is 0.815. The standard InChI is InChI=1S/C50H30N2O.C40H26N2O.C38H22N2O/c1-3-13-31(14-4-1)33-23-25-38-39-26-24-34(32-15-5-2-6-16-32)28-43(39)49-48(42(38)27-33)51-30-45(52-49)40-20-10-9-19-37(40)44-29-35-17-7-8-18-36(35)47-41-21-11-12-22-46(41)53-50(44)47;1-23-15-17-28-29-18-16-24(2)20-33(29)39-38(32(28)19-23)41-22-35(42-39)30-12-6-5-11-27(30)34-21-25-9-3-4-10-26(25)37-31-13-7-8-14-36(31)43-40(34)37;1-2-8-27-26(7-1)22-32(38-35(27)31-11-5-6-12-34(31)41-38)24-15-13-23(14-16-24)25-17-18-29-28-9-3-4-10-30(28)36-37(33(29)21-25)40-20-19-39-36/h1-30H;3-22H,1-2H3;1-22H. The van der Waals surface area contributed by atoms with Crippen molar-refractivity contribution >= 4 is 196 Å². The molecule has 0 aliphatic heterocycles. The summed E-state index contributed by atoms with van der Waals surface area (Å²) in [6.07, 6.45) is 7.43. The molecule has 9 nitrogen and oxygen atoms in total. The Morgan fingerprint density at radius 1 is 0.175 bits per heavy atom. The number of aryl methyl sites for hydroxylation is 2. The molecule has 0 atom stereocenters. The van der Waals surface area contributed by atoms with E-state index in [2.05, 4.69) is 396 Å². The molecule has 0 spiro atoms. The van der Waals surface area contributed by atoms with Gasteiger partial charge in [-0.3, -0.25) is 19.9 Å². The van der Waals surface area contributed by atoms with Gasteiger partial charge in [-0.05, 0) is 195 Å². The minimum Gasteiger partial charge on any atom is -0.455 e. The summed E-state index contributed by atoms with van der Waals surface area (Å²) >= 11 is 0. The summed E-state index contributed by atoms with van der Waals surface area (Å²) in [6.45, 7) is 4.26. The molecule has 0 unspecified atom stereocenters. The van der Waals surface area contributed by atoms with Crippen LogP contribution < -0.4 is 0 Å². The van der Waals surface area contributed by atoms with E-state index in [1.807, 2.05) is 42.7 Å². The molecule has 29 aromatic rings. The van der Waals surface area contributed by atoms with Crippen LogP contribution in [-0.4, -0.2) is 29.9 Å². The molecule has 29 rings (SSSR count). The molecule has 0 bridgehead atoms. The molecule has 0 radical (unpaired) electrons. The highest BCUT2D eigenvalue weighted by molar-refractivity contribution is 6.30. The smallest absolute Gasteiger partial charge is 0.143 e. The molecular formula is C128H78N6O3. The molecule has 0 fully saturated rings. The lowest BCUT2D eigenvalue weighted by Crippen LogP contribution is -1.95. The third-order valence-electron chi connectivity index (χ3n) is 27.8. The maximum atomic E-state index is 6.68. The van der Waals surface area contributed by atoms with Gasteiger partial charge in [-0.1, -0.05) is 357 Å². The van der Waals surface area contributed by atoms with Crippen LogP contribution in [0.1, 0.15) is 11.1 Å². The molecule has 23 aromatic carbocycles.